The van der Waals surface area contributed by atoms with Crippen LogP contribution in [-0.2, 0) is 13.1 Å². The van der Waals surface area contributed by atoms with Crippen LogP contribution in [-0.4, -0.2) is 0 Å². The Labute approximate surface area is 189 Å². The second-order valence-electron chi connectivity index (χ2n) is 8.07. The zero-order chi connectivity index (χ0) is 21.6. The van der Waals surface area contributed by atoms with Crippen LogP contribution in [0.1, 0.15) is 11.1 Å². The van der Waals surface area contributed by atoms with Gasteiger partial charge in [0.2, 0.25) is 0 Å². The molecule has 0 N–H and O–H groups in total. The van der Waals surface area contributed by atoms with Gasteiger partial charge in [-0.2, -0.15) is 0 Å². The molecule has 5 aromatic rings. The minimum Gasteiger partial charge on any atom is -0.201 e. The molecule has 0 atom stereocenters. The molecule has 2 heterocycles. The van der Waals surface area contributed by atoms with Crippen LogP contribution in [0.25, 0.3) is 22.3 Å². The van der Waals surface area contributed by atoms with Crippen molar-refractivity contribution < 1.29 is 9.13 Å². The van der Waals surface area contributed by atoms with Crippen molar-refractivity contribution in [1.82, 2.24) is 0 Å². The summed E-state index contributed by atoms with van der Waals surface area (Å²) in [6, 6.07) is 38.6. The van der Waals surface area contributed by atoms with Gasteiger partial charge in [-0.15, -0.1) is 0 Å². The first-order chi connectivity index (χ1) is 15.8. The van der Waals surface area contributed by atoms with Crippen LogP contribution in [0, 0.1) is 0 Å². The maximum atomic E-state index is 2.23. The van der Waals surface area contributed by atoms with E-state index in [0.717, 1.165) is 13.1 Å². The van der Waals surface area contributed by atoms with Gasteiger partial charge in [0.05, 0.1) is 0 Å². The maximum Gasteiger partial charge on any atom is 0.173 e. The predicted octanol–water partition coefficient (Wildman–Crippen LogP) is 5.69. The Morgan fingerprint density at radius 1 is 0.344 bits per heavy atom. The fourth-order valence-electron chi connectivity index (χ4n) is 3.94. The van der Waals surface area contributed by atoms with E-state index in [4.69, 9.17) is 0 Å². The molecule has 3 aromatic carbocycles. The van der Waals surface area contributed by atoms with Gasteiger partial charge in [-0.25, -0.2) is 9.13 Å². The molecule has 0 aliphatic heterocycles. The van der Waals surface area contributed by atoms with E-state index >= 15 is 0 Å². The Kier molecular flexibility index (Phi) is 5.85. The monoisotopic (exact) mass is 414 g/mol. The molecular weight excluding hydrogens is 388 g/mol. The third kappa shape index (κ3) is 4.81. The zero-order valence-corrected chi connectivity index (χ0v) is 18.0. The Morgan fingerprint density at radius 2 is 0.656 bits per heavy atom. The number of hydrogen-bond donors (Lipinski definition) is 0. The van der Waals surface area contributed by atoms with E-state index in [1.807, 2.05) is 0 Å². The minimum absolute atomic E-state index is 0.869. The number of aromatic nitrogens is 2. The molecule has 2 aromatic heterocycles. The Balaban J connectivity index is 1.22. The molecular formula is C30H26N2+2. The van der Waals surface area contributed by atoms with E-state index in [-0.39, 0.29) is 0 Å². The quantitative estimate of drug-likeness (QED) is 0.315. The third-order valence-corrected chi connectivity index (χ3v) is 5.75. The molecule has 0 unspecified atom stereocenters. The van der Waals surface area contributed by atoms with Crippen LogP contribution in [0.4, 0.5) is 0 Å². The topological polar surface area (TPSA) is 7.76 Å². The summed E-state index contributed by atoms with van der Waals surface area (Å²) < 4.78 is 4.44. The molecule has 0 aliphatic carbocycles. The van der Waals surface area contributed by atoms with Crippen molar-refractivity contribution >= 4 is 0 Å². The van der Waals surface area contributed by atoms with Crippen molar-refractivity contribution in [3.63, 3.8) is 0 Å². The molecule has 32 heavy (non-hydrogen) atoms. The number of nitrogens with zero attached hydrogens (tertiary/aromatic N) is 2. The molecule has 0 amide bonds. The largest absolute Gasteiger partial charge is 0.201 e. The van der Waals surface area contributed by atoms with Crippen LogP contribution < -0.4 is 9.13 Å². The van der Waals surface area contributed by atoms with E-state index < -0.39 is 0 Å². The van der Waals surface area contributed by atoms with Crippen LogP contribution >= 0.6 is 0 Å². The van der Waals surface area contributed by atoms with E-state index in [1.165, 1.54) is 33.4 Å². The minimum atomic E-state index is 0.869. The average Bonchev–Trinajstić information content (AvgIpc) is 2.87. The fraction of sp³-hybridized carbons (Fsp3) is 0.0667. The van der Waals surface area contributed by atoms with Crippen molar-refractivity contribution in [3.8, 4) is 22.3 Å². The molecule has 2 nitrogen and oxygen atoms in total. The van der Waals surface area contributed by atoms with Crippen LogP contribution in [0.2, 0.25) is 0 Å². The molecule has 5 rings (SSSR count). The Bertz CT molecular complexity index is 1160. The van der Waals surface area contributed by atoms with E-state index in [2.05, 4.69) is 143 Å². The van der Waals surface area contributed by atoms with Crippen molar-refractivity contribution in [2.45, 2.75) is 13.1 Å². The summed E-state index contributed by atoms with van der Waals surface area (Å²) in [5.74, 6) is 0. The first-order valence-corrected chi connectivity index (χ1v) is 11.0. The average molecular weight is 415 g/mol. The summed E-state index contributed by atoms with van der Waals surface area (Å²) in [5, 5.41) is 0. The summed E-state index contributed by atoms with van der Waals surface area (Å²) in [6.45, 7) is 1.74. The predicted molar refractivity (Wildman–Crippen MR) is 129 cm³/mol. The van der Waals surface area contributed by atoms with Crippen molar-refractivity contribution in [3.05, 3.63) is 145 Å². The lowest BCUT2D eigenvalue weighted by Crippen LogP contribution is -2.33. The lowest BCUT2D eigenvalue weighted by Gasteiger charge is -2.03. The summed E-state index contributed by atoms with van der Waals surface area (Å²) in [4.78, 5) is 0. The van der Waals surface area contributed by atoms with Gasteiger partial charge in [-0.3, -0.25) is 0 Å². The Morgan fingerprint density at radius 3 is 1.00 bits per heavy atom. The van der Waals surface area contributed by atoms with Gasteiger partial charge < -0.3 is 0 Å². The van der Waals surface area contributed by atoms with Gasteiger partial charge in [-0.1, -0.05) is 84.9 Å². The molecule has 0 bridgehead atoms. The zero-order valence-electron chi connectivity index (χ0n) is 18.0. The highest BCUT2D eigenvalue weighted by molar-refractivity contribution is 5.62. The molecule has 0 spiro atoms. The molecule has 0 fully saturated rings. The first kappa shape index (κ1) is 19.9. The van der Waals surface area contributed by atoms with Gasteiger partial charge in [0.1, 0.15) is 0 Å². The number of hydrogen-bond acceptors (Lipinski definition) is 0. The molecule has 2 heteroatoms. The van der Waals surface area contributed by atoms with Gasteiger partial charge in [0.15, 0.2) is 37.9 Å². The van der Waals surface area contributed by atoms with Crippen molar-refractivity contribution in [2.24, 2.45) is 0 Å². The normalized spacial score (nSPS) is 10.8. The highest BCUT2D eigenvalue weighted by Gasteiger charge is 2.07. The molecule has 0 aliphatic rings. The van der Waals surface area contributed by atoms with Crippen LogP contribution in [0.5, 0.6) is 0 Å². The number of benzene rings is 3. The van der Waals surface area contributed by atoms with Crippen molar-refractivity contribution in [2.75, 3.05) is 0 Å². The SMILES string of the molecule is c1ccc(-c2cc[n+](Cc3ccc(C[n+]4ccc(-c5ccccc5)cc4)cc3)cc2)cc1. The lowest BCUT2D eigenvalue weighted by molar-refractivity contribution is -0.688. The highest BCUT2D eigenvalue weighted by Crippen LogP contribution is 2.17. The second-order valence-corrected chi connectivity index (χ2v) is 8.07. The highest BCUT2D eigenvalue weighted by atomic mass is 14.9. The number of pyridine rings is 2. The standard InChI is InChI=1S/C30H26N2/c1-3-7-27(8-4-1)29-15-19-31(20-16-29)23-25-11-13-26(14-12-25)24-32-21-17-30(18-22-32)28-9-5-2-6-10-28/h1-22H,23-24H2/q+2. The molecule has 0 saturated carbocycles. The summed E-state index contributed by atoms with van der Waals surface area (Å²) in [7, 11) is 0. The van der Waals surface area contributed by atoms with E-state index in [1.54, 1.807) is 0 Å². The smallest absolute Gasteiger partial charge is 0.173 e. The molecule has 0 radical (unpaired) electrons. The van der Waals surface area contributed by atoms with E-state index in [9.17, 15) is 0 Å². The second kappa shape index (κ2) is 9.40. The first-order valence-electron chi connectivity index (χ1n) is 11.0. The molecule has 0 saturated heterocycles. The van der Waals surface area contributed by atoms with Crippen LogP contribution in [0.15, 0.2) is 134 Å². The fourth-order valence-corrected chi connectivity index (χ4v) is 3.94. The summed E-state index contributed by atoms with van der Waals surface area (Å²) in [5.41, 5.74) is 7.59. The van der Waals surface area contributed by atoms with E-state index in [0.29, 0.717) is 0 Å². The summed E-state index contributed by atoms with van der Waals surface area (Å²) >= 11 is 0. The Hall–Kier alpha value is -4.04. The van der Waals surface area contributed by atoms with Gasteiger partial charge in [0, 0.05) is 35.4 Å². The maximum absolute atomic E-state index is 2.23. The van der Waals surface area contributed by atoms with Crippen LogP contribution in [0.3, 0.4) is 0 Å². The summed E-state index contributed by atoms with van der Waals surface area (Å²) in [6.07, 6.45) is 8.61. The van der Waals surface area contributed by atoms with Gasteiger partial charge >= 0.3 is 0 Å². The molecule has 154 valence electrons. The van der Waals surface area contributed by atoms with Gasteiger partial charge in [0.25, 0.3) is 0 Å². The number of rotatable bonds is 6. The van der Waals surface area contributed by atoms with Crippen molar-refractivity contribution in [1.29, 1.82) is 0 Å². The lowest BCUT2D eigenvalue weighted by atomic mass is 10.1. The third-order valence-electron chi connectivity index (χ3n) is 5.75. The van der Waals surface area contributed by atoms with Gasteiger partial charge in [-0.05, 0) is 22.3 Å².